The summed E-state index contributed by atoms with van der Waals surface area (Å²) < 4.78 is 0.537. The number of benzene rings is 1. The minimum atomic E-state index is -0.393. The Labute approximate surface area is 89.4 Å². The maximum atomic E-state index is 10.7. The largest absolute Gasteiger partial charge is 0.324 e. The van der Waals surface area contributed by atoms with Crippen LogP contribution >= 0.6 is 15.9 Å². The Hall–Kier alpha value is -0.940. The molecule has 1 aliphatic rings. The first-order valence-electron chi connectivity index (χ1n) is 4.32. The molecule has 0 radical (unpaired) electrons. The number of nitrogens with two attached hydrogens (primary N) is 1. The number of aryl methyl sites for hydroxylation is 1. The molecule has 4 nitrogen and oxygen atoms in total. The molecule has 5 heteroatoms. The van der Waals surface area contributed by atoms with E-state index in [1.165, 1.54) is 0 Å². The molecule has 0 aliphatic heterocycles. The van der Waals surface area contributed by atoms with Gasteiger partial charge in [-0.3, -0.25) is 10.1 Å². The molecule has 0 bridgehead atoms. The van der Waals surface area contributed by atoms with Crippen molar-refractivity contribution in [2.45, 2.75) is 18.9 Å². The lowest BCUT2D eigenvalue weighted by Gasteiger charge is -2.05. The fourth-order valence-corrected chi connectivity index (χ4v) is 2.32. The van der Waals surface area contributed by atoms with Gasteiger partial charge in [0.25, 0.3) is 5.69 Å². The quantitative estimate of drug-likeness (QED) is 0.619. The van der Waals surface area contributed by atoms with Crippen LogP contribution < -0.4 is 5.73 Å². The van der Waals surface area contributed by atoms with Crippen LogP contribution in [0.3, 0.4) is 0 Å². The van der Waals surface area contributed by atoms with E-state index in [1.54, 1.807) is 12.1 Å². The number of halogens is 1. The predicted molar refractivity (Wildman–Crippen MR) is 56.0 cm³/mol. The molecule has 1 unspecified atom stereocenters. The second-order valence-corrected chi connectivity index (χ2v) is 4.26. The summed E-state index contributed by atoms with van der Waals surface area (Å²) in [4.78, 5) is 10.3. The monoisotopic (exact) mass is 256 g/mol. The number of nitro benzene ring substituents is 1. The van der Waals surface area contributed by atoms with E-state index in [0.717, 1.165) is 24.0 Å². The van der Waals surface area contributed by atoms with Crippen molar-refractivity contribution < 1.29 is 4.92 Å². The Morgan fingerprint density at radius 2 is 2.29 bits per heavy atom. The Morgan fingerprint density at radius 3 is 2.93 bits per heavy atom. The number of nitro groups is 1. The van der Waals surface area contributed by atoms with Crippen molar-refractivity contribution in [2.24, 2.45) is 5.73 Å². The maximum Gasteiger partial charge on any atom is 0.283 e. The predicted octanol–water partition coefficient (Wildman–Crippen LogP) is 2.30. The van der Waals surface area contributed by atoms with Crippen molar-refractivity contribution in [1.82, 2.24) is 0 Å². The molecule has 74 valence electrons. The van der Waals surface area contributed by atoms with Gasteiger partial charge in [0.2, 0.25) is 0 Å². The minimum absolute atomic E-state index is 0.0446. The number of fused-ring (bicyclic) bond motifs is 1. The number of hydrogen-bond donors (Lipinski definition) is 1. The molecule has 0 aromatic heterocycles. The molecule has 2 N–H and O–H groups in total. The zero-order valence-corrected chi connectivity index (χ0v) is 8.95. The summed E-state index contributed by atoms with van der Waals surface area (Å²) in [6.45, 7) is 0. The fraction of sp³-hybridized carbons (Fsp3) is 0.333. The van der Waals surface area contributed by atoms with Crippen LogP contribution in [0.5, 0.6) is 0 Å². The lowest BCUT2D eigenvalue weighted by molar-refractivity contribution is -0.385. The van der Waals surface area contributed by atoms with E-state index in [-0.39, 0.29) is 11.7 Å². The van der Waals surface area contributed by atoms with Gasteiger partial charge < -0.3 is 5.73 Å². The van der Waals surface area contributed by atoms with Crippen molar-refractivity contribution in [3.05, 3.63) is 37.8 Å². The smallest absolute Gasteiger partial charge is 0.283 e. The van der Waals surface area contributed by atoms with Crippen LogP contribution in [0.4, 0.5) is 5.69 Å². The molecule has 2 rings (SSSR count). The maximum absolute atomic E-state index is 10.7. The zero-order valence-electron chi connectivity index (χ0n) is 7.37. The molecule has 0 saturated carbocycles. The zero-order chi connectivity index (χ0) is 10.3. The highest BCUT2D eigenvalue weighted by atomic mass is 79.9. The minimum Gasteiger partial charge on any atom is -0.324 e. The van der Waals surface area contributed by atoms with Crippen LogP contribution in [-0.4, -0.2) is 4.92 Å². The Bertz CT molecular complexity index is 406. The van der Waals surface area contributed by atoms with Crippen molar-refractivity contribution in [1.29, 1.82) is 0 Å². The molecule has 14 heavy (non-hydrogen) atoms. The van der Waals surface area contributed by atoms with Crippen molar-refractivity contribution in [3.63, 3.8) is 0 Å². The third-order valence-electron chi connectivity index (χ3n) is 2.53. The van der Waals surface area contributed by atoms with Crippen molar-refractivity contribution in [3.8, 4) is 0 Å². The Kier molecular flexibility index (Phi) is 2.28. The lowest BCUT2D eigenvalue weighted by atomic mass is 10.1. The summed E-state index contributed by atoms with van der Waals surface area (Å²) >= 11 is 3.19. The third-order valence-corrected chi connectivity index (χ3v) is 3.16. The lowest BCUT2D eigenvalue weighted by Crippen LogP contribution is -2.05. The van der Waals surface area contributed by atoms with Crippen LogP contribution in [-0.2, 0) is 6.42 Å². The second kappa shape index (κ2) is 3.33. The molecule has 0 spiro atoms. The van der Waals surface area contributed by atoms with Crippen LogP contribution in [0.2, 0.25) is 0 Å². The van der Waals surface area contributed by atoms with Gasteiger partial charge in [-0.2, -0.15) is 0 Å². The molecule has 1 atom stereocenters. The highest BCUT2D eigenvalue weighted by Gasteiger charge is 2.24. The van der Waals surface area contributed by atoms with Crippen LogP contribution in [0, 0.1) is 10.1 Å². The van der Waals surface area contributed by atoms with Gasteiger partial charge in [0.15, 0.2) is 0 Å². The van der Waals surface area contributed by atoms with Crippen LogP contribution in [0.1, 0.15) is 23.6 Å². The summed E-state index contributed by atoms with van der Waals surface area (Å²) in [5, 5.41) is 10.7. The molecular formula is C9H9BrN2O2. The number of hydrogen-bond acceptors (Lipinski definition) is 3. The highest BCUT2D eigenvalue weighted by molar-refractivity contribution is 9.10. The summed E-state index contributed by atoms with van der Waals surface area (Å²) in [6, 6.07) is 3.34. The second-order valence-electron chi connectivity index (χ2n) is 3.40. The van der Waals surface area contributed by atoms with E-state index in [2.05, 4.69) is 15.9 Å². The van der Waals surface area contributed by atoms with E-state index in [1.807, 2.05) is 0 Å². The standard InChI is InChI=1S/C9H9BrN2O2/c10-7-3-5-1-2-8(11)6(5)4-9(7)12(13)14/h3-4,8H,1-2,11H2. The first-order valence-corrected chi connectivity index (χ1v) is 5.11. The van der Waals surface area contributed by atoms with Gasteiger partial charge in [-0.15, -0.1) is 0 Å². The van der Waals surface area contributed by atoms with Crippen LogP contribution in [0.25, 0.3) is 0 Å². The third kappa shape index (κ3) is 1.42. The van der Waals surface area contributed by atoms with Crippen molar-refractivity contribution in [2.75, 3.05) is 0 Å². The first-order chi connectivity index (χ1) is 6.59. The summed E-state index contributed by atoms with van der Waals surface area (Å²) in [6.07, 6.45) is 1.79. The molecule has 0 amide bonds. The average Bonchev–Trinajstić information content (AvgIpc) is 2.46. The van der Waals surface area contributed by atoms with E-state index >= 15 is 0 Å². The van der Waals surface area contributed by atoms with Gasteiger partial charge in [-0.1, -0.05) is 0 Å². The number of nitrogens with zero attached hydrogens (tertiary/aromatic N) is 1. The van der Waals surface area contributed by atoms with Crippen LogP contribution in [0.15, 0.2) is 16.6 Å². The van der Waals surface area contributed by atoms with E-state index in [9.17, 15) is 10.1 Å². The van der Waals surface area contributed by atoms with Gasteiger partial charge in [0.1, 0.15) is 0 Å². The Morgan fingerprint density at radius 1 is 1.57 bits per heavy atom. The topological polar surface area (TPSA) is 69.2 Å². The van der Waals surface area contributed by atoms with Crippen molar-refractivity contribution >= 4 is 21.6 Å². The highest BCUT2D eigenvalue weighted by Crippen LogP contribution is 2.36. The normalized spacial score (nSPS) is 19.4. The summed E-state index contributed by atoms with van der Waals surface area (Å²) in [5.41, 5.74) is 7.96. The summed E-state index contributed by atoms with van der Waals surface area (Å²) in [7, 11) is 0. The van der Waals surface area contributed by atoms with E-state index < -0.39 is 4.92 Å². The first kappa shape index (κ1) is 9.61. The van der Waals surface area contributed by atoms with E-state index in [0.29, 0.717) is 4.47 Å². The molecule has 1 aromatic rings. The molecule has 0 saturated heterocycles. The Balaban J connectivity index is 2.57. The average molecular weight is 257 g/mol. The SMILES string of the molecule is NC1CCc2cc(Br)c([N+](=O)[O-])cc21. The van der Waals surface area contributed by atoms with Gasteiger partial charge in [0, 0.05) is 12.1 Å². The molecule has 0 fully saturated rings. The molecule has 1 aromatic carbocycles. The van der Waals surface area contributed by atoms with Gasteiger partial charge in [-0.05, 0) is 46.0 Å². The molecule has 1 aliphatic carbocycles. The summed E-state index contributed by atoms with van der Waals surface area (Å²) in [5.74, 6) is 0. The number of rotatable bonds is 1. The fourth-order valence-electron chi connectivity index (χ4n) is 1.79. The molecule has 0 heterocycles. The molecular weight excluding hydrogens is 248 g/mol. The van der Waals surface area contributed by atoms with Gasteiger partial charge in [0.05, 0.1) is 9.40 Å². The van der Waals surface area contributed by atoms with Gasteiger partial charge >= 0.3 is 0 Å². The van der Waals surface area contributed by atoms with Gasteiger partial charge in [-0.25, -0.2) is 0 Å². The van der Waals surface area contributed by atoms with E-state index in [4.69, 9.17) is 5.73 Å².